The number of H-pyrrole nitrogens is 1. The first-order valence-electron chi connectivity index (χ1n) is 9.74. The zero-order valence-corrected chi connectivity index (χ0v) is 16.8. The summed E-state index contributed by atoms with van der Waals surface area (Å²) in [5, 5.41) is 0.122. The number of nitrogens with zero attached hydrogens (tertiary/aromatic N) is 3. The number of hydrogen-bond acceptors (Lipinski definition) is 4. The first-order chi connectivity index (χ1) is 13.5. The predicted molar refractivity (Wildman–Crippen MR) is 113 cm³/mol. The molecule has 0 fully saturated rings. The Balaban J connectivity index is 1.78. The van der Waals surface area contributed by atoms with Crippen molar-refractivity contribution in [2.24, 2.45) is 0 Å². The fourth-order valence-electron chi connectivity index (χ4n) is 3.34. The first-order valence-corrected chi connectivity index (χ1v) is 10.1. The molecule has 2 aromatic heterocycles. The molecule has 0 aliphatic rings. The largest absolute Gasteiger partial charge is 0.399 e. The lowest BCUT2D eigenvalue weighted by atomic mass is 10.1. The molecular weight excluding hydrogens is 378 g/mol. The number of hydrogen-bond donors (Lipinski definition) is 2. The first kappa shape index (κ1) is 20.2. The number of fused-ring (bicyclic) bond motifs is 1. The molecule has 7 nitrogen and oxygen atoms in total. The molecule has 0 aliphatic carbocycles. The van der Waals surface area contributed by atoms with E-state index in [0.717, 1.165) is 44.2 Å². The highest BCUT2D eigenvalue weighted by molar-refractivity contribution is 6.28. The minimum atomic E-state index is -0.362. The summed E-state index contributed by atoms with van der Waals surface area (Å²) < 4.78 is 2.86. The molecule has 2 heterocycles. The molecule has 0 atom stereocenters. The maximum absolute atomic E-state index is 12.9. The number of aromatic amines is 1. The summed E-state index contributed by atoms with van der Waals surface area (Å²) in [4.78, 5) is 32.6. The molecule has 0 spiro atoms. The smallest absolute Gasteiger partial charge is 0.332 e. The molecule has 0 bridgehead atoms. The molecule has 150 valence electrons. The van der Waals surface area contributed by atoms with Crippen LogP contribution in [0.2, 0.25) is 5.28 Å². The zero-order valence-electron chi connectivity index (χ0n) is 16.1. The Kier molecular flexibility index (Phi) is 6.57. The van der Waals surface area contributed by atoms with Crippen LogP contribution in [-0.2, 0) is 19.5 Å². The summed E-state index contributed by atoms with van der Waals surface area (Å²) in [6, 6.07) is 7.76. The van der Waals surface area contributed by atoms with E-state index in [1.54, 1.807) is 4.57 Å². The highest BCUT2D eigenvalue weighted by Crippen LogP contribution is 2.12. The molecule has 3 aromatic rings. The lowest BCUT2D eigenvalue weighted by Gasteiger charge is -2.11. The van der Waals surface area contributed by atoms with Crippen LogP contribution in [0.1, 0.15) is 44.6 Å². The number of nitrogen functional groups attached to an aromatic ring is 1. The number of imidazole rings is 1. The molecule has 8 heteroatoms. The highest BCUT2D eigenvalue weighted by atomic mass is 35.5. The molecule has 0 amide bonds. The third-order valence-electron chi connectivity index (χ3n) is 4.89. The Hall–Kier alpha value is -2.54. The molecule has 0 radical (unpaired) electrons. The van der Waals surface area contributed by atoms with Gasteiger partial charge in [-0.25, -0.2) is 4.79 Å². The van der Waals surface area contributed by atoms with Crippen molar-refractivity contribution >= 4 is 28.5 Å². The number of rotatable bonds is 9. The van der Waals surface area contributed by atoms with Crippen molar-refractivity contribution in [3.8, 4) is 0 Å². The Labute approximate surface area is 168 Å². The van der Waals surface area contributed by atoms with Crippen LogP contribution in [0.25, 0.3) is 11.2 Å². The van der Waals surface area contributed by atoms with Gasteiger partial charge >= 0.3 is 5.69 Å². The van der Waals surface area contributed by atoms with E-state index in [2.05, 4.69) is 16.9 Å². The van der Waals surface area contributed by atoms with Crippen molar-refractivity contribution in [1.29, 1.82) is 0 Å². The van der Waals surface area contributed by atoms with Crippen LogP contribution in [0.3, 0.4) is 0 Å². The van der Waals surface area contributed by atoms with Crippen molar-refractivity contribution in [3.05, 3.63) is 56.0 Å². The van der Waals surface area contributed by atoms with E-state index in [1.165, 1.54) is 10.1 Å². The summed E-state index contributed by atoms with van der Waals surface area (Å²) >= 11 is 5.96. The molecule has 3 N–H and O–H groups in total. The van der Waals surface area contributed by atoms with Gasteiger partial charge in [0.2, 0.25) is 5.28 Å². The lowest BCUT2D eigenvalue weighted by Crippen LogP contribution is -2.40. The van der Waals surface area contributed by atoms with E-state index in [-0.39, 0.29) is 16.5 Å². The van der Waals surface area contributed by atoms with Crippen LogP contribution in [0.5, 0.6) is 0 Å². The van der Waals surface area contributed by atoms with Crippen molar-refractivity contribution in [2.75, 3.05) is 5.73 Å². The average molecular weight is 404 g/mol. The maximum Gasteiger partial charge on any atom is 0.332 e. The van der Waals surface area contributed by atoms with Crippen molar-refractivity contribution in [3.63, 3.8) is 0 Å². The van der Waals surface area contributed by atoms with Crippen molar-refractivity contribution in [1.82, 2.24) is 19.1 Å². The molecule has 0 unspecified atom stereocenters. The summed E-state index contributed by atoms with van der Waals surface area (Å²) in [6.07, 6.45) is 5.37. The van der Waals surface area contributed by atoms with Gasteiger partial charge in [-0.2, -0.15) is 4.98 Å². The van der Waals surface area contributed by atoms with Crippen LogP contribution >= 0.6 is 11.6 Å². The van der Waals surface area contributed by atoms with Crippen LogP contribution in [-0.4, -0.2) is 19.1 Å². The number of nitrogens with one attached hydrogen (secondary N) is 1. The Morgan fingerprint density at radius 2 is 1.71 bits per heavy atom. The van der Waals surface area contributed by atoms with E-state index in [1.807, 2.05) is 24.3 Å². The number of unbranched alkanes of at least 4 members (excludes halogenated alkanes) is 3. The van der Waals surface area contributed by atoms with Gasteiger partial charge in [0, 0.05) is 18.8 Å². The Morgan fingerprint density at radius 1 is 1.04 bits per heavy atom. The van der Waals surface area contributed by atoms with E-state index < -0.39 is 0 Å². The Bertz CT molecular complexity index is 1050. The fourth-order valence-corrected chi connectivity index (χ4v) is 3.51. The molecule has 0 aliphatic heterocycles. The number of halogens is 1. The third-order valence-corrected chi connectivity index (χ3v) is 5.07. The number of anilines is 1. The fraction of sp³-hybridized carbons (Fsp3) is 0.450. The number of benzene rings is 1. The van der Waals surface area contributed by atoms with Crippen LogP contribution in [0.15, 0.2) is 33.9 Å². The number of nitrogens with two attached hydrogens (primary N) is 1. The normalized spacial score (nSPS) is 11.4. The quantitative estimate of drug-likeness (QED) is 0.325. The summed E-state index contributed by atoms with van der Waals surface area (Å²) in [6.45, 7) is 2.99. The number of aromatic nitrogens is 4. The molecule has 28 heavy (non-hydrogen) atoms. The molecule has 1 aromatic carbocycles. The van der Waals surface area contributed by atoms with Gasteiger partial charge in [-0.05, 0) is 55.0 Å². The van der Waals surface area contributed by atoms with Crippen molar-refractivity contribution < 1.29 is 0 Å². The third kappa shape index (κ3) is 4.47. The molecule has 0 saturated heterocycles. The highest BCUT2D eigenvalue weighted by Gasteiger charge is 2.16. The van der Waals surface area contributed by atoms with Gasteiger partial charge in [0.1, 0.15) is 0 Å². The Morgan fingerprint density at radius 3 is 2.43 bits per heavy atom. The van der Waals surface area contributed by atoms with Gasteiger partial charge < -0.3 is 10.7 Å². The monoisotopic (exact) mass is 403 g/mol. The standard InChI is InChI=1S/C20H26ClN5O2/c1-2-3-5-12-25-17-16(23-19(21)24-17)18(27)26(20(25)28)13-6-4-7-14-8-10-15(22)11-9-14/h8-11H,2-7,12-13,22H2,1H3,(H,23,24). The topological polar surface area (TPSA) is 98.7 Å². The van der Waals surface area contributed by atoms with E-state index in [4.69, 9.17) is 17.3 Å². The predicted octanol–water partition coefficient (Wildman–Crippen LogP) is 3.34. The summed E-state index contributed by atoms with van der Waals surface area (Å²) in [5.41, 5.74) is 7.59. The van der Waals surface area contributed by atoms with Gasteiger partial charge in [0.15, 0.2) is 11.2 Å². The van der Waals surface area contributed by atoms with Gasteiger partial charge in [-0.1, -0.05) is 31.9 Å². The summed E-state index contributed by atoms with van der Waals surface area (Å²) in [5.74, 6) is 0. The second-order valence-electron chi connectivity index (χ2n) is 7.02. The average Bonchev–Trinajstić information content (AvgIpc) is 3.07. The molecule has 3 rings (SSSR count). The van der Waals surface area contributed by atoms with Gasteiger partial charge in [-0.3, -0.25) is 13.9 Å². The SMILES string of the molecule is CCCCCn1c(=O)n(CCCCc2ccc(N)cc2)c(=O)c2[nH]c(Cl)nc21. The second-order valence-corrected chi connectivity index (χ2v) is 7.38. The zero-order chi connectivity index (χ0) is 20.1. The van der Waals surface area contributed by atoms with Crippen LogP contribution < -0.4 is 17.0 Å². The van der Waals surface area contributed by atoms with Gasteiger partial charge in [-0.15, -0.1) is 0 Å². The maximum atomic E-state index is 12.9. The van der Waals surface area contributed by atoms with Crippen molar-refractivity contribution in [2.45, 2.75) is 58.5 Å². The van der Waals surface area contributed by atoms with E-state index in [9.17, 15) is 9.59 Å². The lowest BCUT2D eigenvalue weighted by molar-refractivity contribution is 0.518. The van der Waals surface area contributed by atoms with E-state index in [0.29, 0.717) is 24.3 Å². The molecular formula is C20H26ClN5O2. The van der Waals surface area contributed by atoms with Gasteiger partial charge in [0.05, 0.1) is 0 Å². The van der Waals surface area contributed by atoms with Crippen LogP contribution in [0.4, 0.5) is 5.69 Å². The van der Waals surface area contributed by atoms with Crippen LogP contribution in [0, 0.1) is 0 Å². The summed E-state index contributed by atoms with van der Waals surface area (Å²) in [7, 11) is 0. The second kappa shape index (κ2) is 9.10. The minimum Gasteiger partial charge on any atom is -0.399 e. The minimum absolute atomic E-state index is 0.122. The van der Waals surface area contributed by atoms with Gasteiger partial charge in [0.25, 0.3) is 5.56 Å². The number of aryl methyl sites for hydroxylation is 2. The van der Waals surface area contributed by atoms with E-state index >= 15 is 0 Å². The molecule has 0 saturated carbocycles.